The van der Waals surface area contributed by atoms with Crippen LogP contribution in [0.3, 0.4) is 0 Å². The van der Waals surface area contributed by atoms with Crippen LogP contribution < -0.4 is 5.73 Å². The number of hydrogen-bond donors (Lipinski definition) is 1. The zero-order chi connectivity index (χ0) is 14.9. The van der Waals surface area contributed by atoms with Crippen molar-refractivity contribution in [2.75, 3.05) is 31.9 Å². The van der Waals surface area contributed by atoms with Crippen LogP contribution in [-0.2, 0) is 15.8 Å². The van der Waals surface area contributed by atoms with Crippen LogP contribution in [0.25, 0.3) is 0 Å². The highest BCUT2D eigenvalue weighted by molar-refractivity contribution is 7.88. The van der Waals surface area contributed by atoms with Crippen molar-refractivity contribution in [3.63, 3.8) is 0 Å². The number of hydrogen-bond acceptors (Lipinski definition) is 4. The van der Waals surface area contributed by atoms with Gasteiger partial charge in [-0.2, -0.15) is 4.31 Å². The fourth-order valence-electron chi connectivity index (χ4n) is 3.33. The molecule has 6 heteroatoms. The van der Waals surface area contributed by atoms with E-state index in [1.165, 1.54) is 12.8 Å². The number of fused-ring (bicyclic) bond motifs is 1. The van der Waals surface area contributed by atoms with Crippen molar-refractivity contribution in [3.8, 4) is 0 Å². The molecule has 1 aromatic rings. The van der Waals surface area contributed by atoms with E-state index in [0.29, 0.717) is 30.4 Å². The molecule has 0 aliphatic carbocycles. The van der Waals surface area contributed by atoms with E-state index in [9.17, 15) is 8.42 Å². The van der Waals surface area contributed by atoms with Gasteiger partial charge in [-0.25, -0.2) is 8.42 Å². The fraction of sp³-hybridized carbons (Fsp3) is 0.600. The molecular formula is C15H23N3O2S. The summed E-state index contributed by atoms with van der Waals surface area (Å²) >= 11 is 0. The standard InChI is InChI=1S/C15H23N3O2S/c16-15-7-2-1-5-13(15)12-21(19,20)18-10-9-17-8-4-3-6-14(17)11-18/h1-2,5,7,14H,3-4,6,8-12,16H2. The lowest BCUT2D eigenvalue weighted by Gasteiger charge is -2.43. The molecular weight excluding hydrogens is 286 g/mol. The third-order valence-electron chi connectivity index (χ3n) is 4.59. The second-order valence-corrected chi connectivity index (χ2v) is 7.97. The van der Waals surface area contributed by atoms with Crippen LogP contribution in [0.1, 0.15) is 24.8 Å². The first-order valence-corrected chi connectivity index (χ1v) is 9.22. The lowest BCUT2D eigenvalue weighted by molar-refractivity contribution is 0.0851. The molecule has 0 aromatic heterocycles. The zero-order valence-electron chi connectivity index (χ0n) is 12.2. The molecule has 1 atom stereocenters. The highest BCUT2D eigenvalue weighted by Crippen LogP contribution is 2.24. The Morgan fingerprint density at radius 1 is 1.14 bits per heavy atom. The average molecular weight is 309 g/mol. The third kappa shape index (κ3) is 3.22. The van der Waals surface area contributed by atoms with Crippen molar-refractivity contribution in [2.45, 2.75) is 31.1 Å². The summed E-state index contributed by atoms with van der Waals surface area (Å²) in [5, 5.41) is 0. The van der Waals surface area contributed by atoms with Crippen molar-refractivity contribution in [2.24, 2.45) is 0 Å². The van der Waals surface area contributed by atoms with Gasteiger partial charge in [0.1, 0.15) is 0 Å². The van der Waals surface area contributed by atoms with Gasteiger partial charge in [0.2, 0.25) is 10.0 Å². The topological polar surface area (TPSA) is 66.6 Å². The van der Waals surface area contributed by atoms with Crippen LogP contribution in [0.2, 0.25) is 0 Å². The number of piperazine rings is 1. The monoisotopic (exact) mass is 309 g/mol. The molecule has 1 unspecified atom stereocenters. The Kier molecular flexibility index (Phi) is 4.19. The molecule has 0 saturated carbocycles. The van der Waals surface area contributed by atoms with Gasteiger partial charge in [-0.15, -0.1) is 0 Å². The molecule has 0 bridgehead atoms. The lowest BCUT2D eigenvalue weighted by Crippen LogP contribution is -2.56. The van der Waals surface area contributed by atoms with E-state index < -0.39 is 10.0 Å². The van der Waals surface area contributed by atoms with Gasteiger partial charge in [0.05, 0.1) is 5.75 Å². The second kappa shape index (κ2) is 5.94. The summed E-state index contributed by atoms with van der Waals surface area (Å²) in [4.78, 5) is 2.44. The van der Waals surface area contributed by atoms with Gasteiger partial charge in [-0.1, -0.05) is 24.6 Å². The van der Waals surface area contributed by atoms with E-state index >= 15 is 0 Å². The van der Waals surface area contributed by atoms with Crippen LogP contribution in [-0.4, -0.2) is 49.8 Å². The number of piperidine rings is 1. The summed E-state index contributed by atoms with van der Waals surface area (Å²) in [6.45, 7) is 3.21. The Morgan fingerprint density at radius 2 is 1.95 bits per heavy atom. The molecule has 2 saturated heterocycles. The van der Waals surface area contributed by atoms with Crippen LogP contribution in [0, 0.1) is 0 Å². The van der Waals surface area contributed by atoms with Crippen LogP contribution >= 0.6 is 0 Å². The Morgan fingerprint density at radius 3 is 2.76 bits per heavy atom. The number of sulfonamides is 1. The summed E-state index contributed by atoms with van der Waals surface area (Å²) in [6.07, 6.45) is 3.56. The van der Waals surface area contributed by atoms with Crippen molar-refractivity contribution in [1.82, 2.24) is 9.21 Å². The van der Waals surface area contributed by atoms with Crippen LogP contribution in [0.15, 0.2) is 24.3 Å². The lowest BCUT2D eigenvalue weighted by atomic mass is 10.0. The minimum atomic E-state index is -3.28. The van der Waals surface area contributed by atoms with Gasteiger partial charge < -0.3 is 5.73 Å². The predicted molar refractivity (Wildman–Crippen MR) is 84.3 cm³/mol. The van der Waals surface area contributed by atoms with E-state index in [2.05, 4.69) is 4.90 Å². The third-order valence-corrected chi connectivity index (χ3v) is 6.38. The van der Waals surface area contributed by atoms with Gasteiger partial charge in [0, 0.05) is 31.4 Å². The predicted octanol–water partition coefficient (Wildman–Crippen LogP) is 1.27. The van der Waals surface area contributed by atoms with Crippen molar-refractivity contribution in [1.29, 1.82) is 0 Å². The van der Waals surface area contributed by atoms with E-state index in [0.717, 1.165) is 19.5 Å². The number of anilines is 1. The van der Waals surface area contributed by atoms with E-state index in [1.807, 2.05) is 12.1 Å². The number of para-hydroxylation sites is 1. The molecule has 2 aliphatic rings. The Balaban J connectivity index is 1.72. The maximum atomic E-state index is 12.6. The normalized spacial score (nSPS) is 24.7. The smallest absolute Gasteiger partial charge is 0.218 e. The van der Waals surface area contributed by atoms with Crippen LogP contribution in [0.5, 0.6) is 0 Å². The zero-order valence-corrected chi connectivity index (χ0v) is 13.1. The molecule has 116 valence electrons. The molecule has 2 N–H and O–H groups in total. The van der Waals surface area contributed by atoms with Gasteiger partial charge >= 0.3 is 0 Å². The van der Waals surface area contributed by atoms with Crippen molar-refractivity contribution >= 4 is 15.7 Å². The largest absolute Gasteiger partial charge is 0.398 e. The molecule has 5 nitrogen and oxygen atoms in total. The number of nitrogen functional groups attached to an aromatic ring is 1. The molecule has 1 aromatic carbocycles. The summed E-state index contributed by atoms with van der Waals surface area (Å²) < 4.78 is 26.9. The first-order valence-electron chi connectivity index (χ1n) is 7.61. The first-order chi connectivity index (χ1) is 10.1. The Bertz CT molecular complexity index is 603. The molecule has 0 radical (unpaired) electrons. The van der Waals surface area contributed by atoms with Crippen molar-refractivity contribution < 1.29 is 8.42 Å². The molecule has 2 heterocycles. The van der Waals surface area contributed by atoms with E-state index in [-0.39, 0.29) is 5.75 Å². The molecule has 0 spiro atoms. The Hall–Kier alpha value is -1.11. The van der Waals surface area contributed by atoms with Gasteiger partial charge in [-0.3, -0.25) is 4.90 Å². The highest BCUT2D eigenvalue weighted by Gasteiger charge is 2.34. The quantitative estimate of drug-likeness (QED) is 0.854. The minimum absolute atomic E-state index is 0.00634. The maximum absolute atomic E-state index is 12.6. The average Bonchev–Trinajstić information content (AvgIpc) is 2.49. The molecule has 2 aliphatic heterocycles. The van der Waals surface area contributed by atoms with Gasteiger partial charge in [0.25, 0.3) is 0 Å². The van der Waals surface area contributed by atoms with Gasteiger partial charge in [0.15, 0.2) is 0 Å². The fourth-order valence-corrected chi connectivity index (χ4v) is 4.93. The molecule has 3 rings (SSSR count). The van der Waals surface area contributed by atoms with E-state index in [1.54, 1.807) is 16.4 Å². The number of rotatable bonds is 3. The van der Waals surface area contributed by atoms with Gasteiger partial charge in [-0.05, 0) is 31.0 Å². The second-order valence-electron chi connectivity index (χ2n) is 6.00. The van der Waals surface area contributed by atoms with Crippen LogP contribution in [0.4, 0.5) is 5.69 Å². The summed E-state index contributed by atoms with van der Waals surface area (Å²) in [6, 6.07) is 7.61. The molecule has 21 heavy (non-hydrogen) atoms. The molecule has 2 fully saturated rings. The number of nitrogens with zero attached hydrogens (tertiary/aromatic N) is 2. The summed E-state index contributed by atoms with van der Waals surface area (Å²) in [5.41, 5.74) is 7.12. The van der Waals surface area contributed by atoms with Crippen molar-refractivity contribution in [3.05, 3.63) is 29.8 Å². The summed E-state index contributed by atoms with van der Waals surface area (Å²) in [5.74, 6) is 0.00634. The Labute approximate surface area is 126 Å². The number of benzene rings is 1. The highest BCUT2D eigenvalue weighted by atomic mass is 32.2. The molecule has 0 amide bonds. The summed E-state index contributed by atoms with van der Waals surface area (Å²) in [7, 11) is -3.28. The van der Waals surface area contributed by atoms with E-state index in [4.69, 9.17) is 5.73 Å². The minimum Gasteiger partial charge on any atom is -0.398 e. The SMILES string of the molecule is Nc1ccccc1CS(=O)(=O)N1CCN2CCCCC2C1. The maximum Gasteiger partial charge on any atom is 0.218 e. The first kappa shape index (κ1) is 14.8. The number of nitrogens with two attached hydrogens (primary N) is 1.